The normalized spacial score (nSPS) is 23.8. The highest BCUT2D eigenvalue weighted by Crippen LogP contribution is 2.30. The van der Waals surface area contributed by atoms with Crippen molar-refractivity contribution in [1.29, 1.82) is 0 Å². The standard InChI is InChI=1S/C19H27N3O2S/c1-14-5-7-15(8-6-14)16-13-25-12-11-21(16)9-4-10-22-17(23)19(2,3)20-18(22)24/h5-8,16H,4,9-13H2,1-3H3,(H,20,24). The minimum absolute atomic E-state index is 0.123. The van der Waals surface area contributed by atoms with E-state index in [2.05, 4.69) is 41.4 Å². The third-order valence-electron chi connectivity index (χ3n) is 4.97. The number of thioether (sulfide) groups is 1. The van der Waals surface area contributed by atoms with Crippen molar-refractivity contribution in [2.24, 2.45) is 0 Å². The van der Waals surface area contributed by atoms with E-state index < -0.39 is 5.54 Å². The number of nitrogens with one attached hydrogen (secondary N) is 1. The van der Waals surface area contributed by atoms with E-state index in [0.29, 0.717) is 12.6 Å². The second-order valence-electron chi connectivity index (χ2n) is 7.40. The first kappa shape index (κ1) is 18.3. The first-order valence-electron chi connectivity index (χ1n) is 8.91. The second kappa shape index (κ2) is 7.38. The van der Waals surface area contributed by atoms with Crippen LogP contribution in [0.5, 0.6) is 0 Å². The largest absolute Gasteiger partial charge is 0.325 e. The molecule has 1 aromatic rings. The second-order valence-corrected chi connectivity index (χ2v) is 8.55. The van der Waals surface area contributed by atoms with Gasteiger partial charge in [-0.15, -0.1) is 0 Å². The number of amides is 3. The molecule has 3 amide bonds. The van der Waals surface area contributed by atoms with E-state index in [4.69, 9.17) is 0 Å². The van der Waals surface area contributed by atoms with E-state index in [-0.39, 0.29) is 11.9 Å². The summed E-state index contributed by atoms with van der Waals surface area (Å²) in [4.78, 5) is 28.1. The molecule has 25 heavy (non-hydrogen) atoms. The topological polar surface area (TPSA) is 52.6 Å². The summed E-state index contributed by atoms with van der Waals surface area (Å²) in [7, 11) is 0. The summed E-state index contributed by atoms with van der Waals surface area (Å²) in [6.07, 6.45) is 0.808. The van der Waals surface area contributed by atoms with Crippen LogP contribution >= 0.6 is 11.8 Å². The zero-order valence-electron chi connectivity index (χ0n) is 15.2. The van der Waals surface area contributed by atoms with Crippen LogP contribution in [-0.2, 0) is 4.79 Å². The average molecular weight is 362 g/mol. The molecule has 1 unspecified atom stereocenters. The first-order chi connectivity index (χ1) is 11.9. The molecule has 2 saturated heterocycles. The van der Waals surface area contributed by atoms with E-state index in [9.17, 15) is 9.59 Å². The number of hydrogen-bond acceptors (Lipinski definition) is 4. The lowest BCUT2D eigenvalue weighted by Crippen LogP contribution is -2.41. The molecular formula is C19H27N3O2S. The molecule has 6 heteroatoms. The Hall–Kier alpha value is -1.53. The molecule has 0 aromatic heterocycles. The fourth-order valence-corrected chi connectivity index (χ4v) is 4.61. The van der Waals surface area contributed by atoms with Gasteiger partial charge >= 0.3 is 6.03 Å². The maximum atomic E-state index is 12.3. The minimum Gasteiger partial charge on any atom is -0.324 e. The van der Waals surface area contributed by atoms with Crippen LogP contribution in [0.3, 0.4) is 0 Å². The van der Waals surface area contributed by atoms with E-state index in [1.165, 1.54) is 16.0 Å². The van der Waals surface area contributed by atoms with Crippen molar-refractivity contribution in [2.45, 2.75) is 38.8 Å². The molecule has 2 aliphatic rings. The van der Waals surface area contributed by atoms with Gasteiger partial charge in [-0.2, -0.15) is 11.8 Å². The Morgan fingerprint density at radius 2 is 1.92 bits per heavy atom. The minimum atomic E-state index is -0.775. The monoisotopic (exact) mass is 361 g/mol. The summed E-state index contributed by atoms with van der Waals surface area (Å²) in [5, 5.41) is 2.74. The molecule has 1 aromatic carbocycles. The first-order valence-corrected chi connectivity index (χ1v) is 10.1. The van der Waals surface area contributed by atoms with Gasteiger partial charge < -0.3 is 5.32 Å². The smallest absolute Gasteiger partial charge is 0.324 e. The molecule has 2 aliphatic heterocycles. The van der Waals surface area contributed by atoms with Crippen molar-refractivity contribution in [3.05, 3.63) is 35.4 Å². The summed E-state index contributed by atoms with van der Waals surface area (Å²) in [5.74, 6) is 2.11. The maximum Gasteiger partial charge on any atom is 0.325 e. The summed E-state index contributed by atoms with van der Waals surface area (Å²) in [6, 6.07) is 8.93. The number of urea groups is 1. The zero-order chi connectivity index (χ0) is 18.0. The molecule has 2 heterocycles. The Labute approximate surface area is 154 Å². The van der Waals surface area contributed by atoms with Crippen LogP contribution in [0.2, 0.25) is 0 Å². The quantitative estimate of drug-likeness (QED) is 0.820. The van der Waals surface area contributed by atoms with Crippen molar-refractivity contribution in [1.82, 2.24) is 15.1 Å². The molecule has 0 spiro atoms. The molecule has 136 valence electrons. The van der Waals surface area contributed by atoms with Crippen LogP contribution in [0.1, 0.15) is 37.4 Å². The van der Waals surface area contributed by atoms with Gasteiger partial charge in [0.25, 0.3) is 5.91 Å². The van der Waals surface area contributed by atoms with Crippen LogP contribution < -0.4 is 5.32 Å². The molecular weight excluding hydrogens is 334 g/mol. The molecule has 0 aliphatic carbocycles. The SMILES string of the molecule is Cc1ccc(C2CSCCN2CCCN2C(=O)NC(C)(C)C2=O)cc1. The predicted molar refractivity (Wildman–Crippen MR) is 102 cm³/mol. The maximum absolute atomic E-state index is 12.3. The summed E-state index contributed by atoms with van der Waals surface area (Å²) in [5.41, 5.74) is 1.86. The summed E-state index contributed by atoms with van der Waals surface area (Å²) >= 11 is 1.99. The number of imide groups is 1. The van der Waals surface area contributed by atoms with Gasteiger partial charge in [-0.25, -0.2) is 4.79 Å². The van der Waals surface area contributed by atoms with Crippen LogP contribution in [0.15, 0.2) is 24.3 Å². The van der Waals surface area contributed by atoms with E-state index in [1.54, 1.807) is 13.8 Å². The predicted octanol–water partition coefficient (Wildman–Crippen LogP) is 2.81. The number of hydrogen-bond donors (Lipinski definition) is 1. The summed E-state index contributed by atoms with van der Waals surface area (Å²) in [6.45, 7) is 8.05. The highest BCUT2D eigenvalue weighted by atomic mass is 32.2. The van der Waals surface area contributed by atoms with Gasteiger partial charge in [-0.1, -0.05) is 29.8 Å². The lowest BCUT2D eigenvalue weighted by Gasteiger charge is -2.36. The molecule has 0 saturated carbocycles. The van der Waals surface area contributed by atoms with Gasteiger partial charge in [-0.3, -0.25) is 14.6 Å². The average Bonchev–Trinajstić information content (AvgIpc) is 2.77. The fourth-order valence-electron chi connectivity index (χ4n) is 3.45. The van der Waals surface area contributed by atoms with Gasteiger partial charge in [-0.05, 0) is 32.8 Å². The Morgan fingerprint density at radius 3 is 2.56 bits per heavy atom. The van der Waals surface area contributed by atoms with E-state index in [1.807, 2.05) is 11.8 Å². The van der Waals surface area contributed by atoms with Crippen molar-refractivity contribution in [2.75, 3.05) is 31.1 Å². The Kier molecular flexibility index (Phi) is 5.39. The van der Waals surface area contributed by atoms with Crippen molar-refractivity contribution in [3.8, 4) is 0 Å². The molecule has 1 atom stereocenters. The van der Waals surface area contributed by atoms with Gasteiger partial charge in [0.05, 0.1) is 0 Å². The highest BCUT2D eigenvalue weighted by Gasteiger charge is 2.43. The number of aryl methyl sites for hydroxylation is 1. The van der Waals surface area contributed by atoms with Crippen LogP contribution in [0, 0.1) is 6.92 Å². The van der Waals surface area contributed by atoms with Crippen molar-refractivity contribution in [3.63, 3.8) is 0 Å². The van der Waals surface area contributed by atoms with Gasteiger partial charge in [0.2, 0.25) is 0 Å². The van der Waals surface area contributed by atoms with Crippen molar-refractivity contribution < 1.29 is 9.59 Å². The van der Waals surface area contributed by atoms with E-state index in [0.717, 1.165) is 31.0 Å². The molecule has 3 rings (SSSR count). The molecule has 2 fully saturated rings. The molecule has 5 nitrogen and oxygen atoms in total. The Balaban J connectivity index is 1.58. The fraction of sp³-hybridized carbons (Fsp3) is 0.579. The molecule has 0 radical (unpaired) electrons. The number of rotatable bonds is 5. The third-order valence-corrected chi connectivity index (χ3v) is 6.00. The lowest BCUT2D eigenvalue weighted by atomic mass is 10.0. The zero-order valence-corrected chi connectivity index (χ0v) is 16.1. The van der Waals surface area contributed by atoms with Crippen LogP contribution in [-0.4, -0.2) is 58.4 Å². The Morgan fingerprint density at radius 1 is 1.20 bits per heavy atom. The number of nitrogens with zero attached hydrogens (tertiary/aromatic N) is 2. The highest BCUT2D eigenvalue weighted by molar-refractivity contribution is 7.99. The lowest BCUT2D eigenvalue weighted by molar-refractivity contribution is -0.130. The molecule has 0 bridgehead atoms. The van der Waals surface area contributed by atoms with Gasteiger partial charge in [0.1, 0.15) is 5.54 Å². The Bertz CT molecular complexity index is 645. The van der Waals surface area contributed by atoms with Crippen molar-refractivity contribution >= 4 is 23.7 Å². The molecule has 1 N–H and O–H groups in total. The third kappa shape index (κ3) is 4.01. The number of benzene rings is 1. The van der Waals surface area contributed by atoms with Crippen LogP contribution in [0.4, 0.5) is 4.79 Å². The number of carbonyl (C=O) groups is 2. The summed E-state index contributed by atoms with van der Waals surface area (Å²) < 4.78 is 0. The van der Waals surface area contributed by atoms with Gasteiger partial charge in [0.15, 0.2) is 0 Å². The van der Waals surface area contributed by atoms with Crippen LogP contribution in [0.25, 0.3) is 0 Å². The van der Waals surface area contributed by atoms with E-state index >= 15 is 0 Å². The van der Waals surface area contributed by atoms with Gasteiger partial charge in [0, 0.05) is 37.2 Å². The number of carbonyl (C=O) groups excluding carboxylic acids is 2.